The molecule has 0 N–H and O–H groups in total. The Morgan fingerprint density at radius 1 is 0.824 bits per heavy atom. The van der Waals surface area contributed by atoms with E-state index in [4.69, 9.17) is 0 Å². The molecule has 0 aliphatic heterocycles. The monoisotopic (exact) mass is 240 g/mol. The molecule has 0 spiro atoms. The SMILES string of the molecule is CCC(C)(C)CCC(=O)CCC(C)(CC)CC. The summed E-state index contributed by atoms with van der Waals surface area (Å²) in [7, 11) is 0. The third kappa shape index (κ3) is 6.85. The maximum absolute atomic E-state index is 11.9. The van der Waals surface area contributed by atoms with Crippen LogP contribution in [0.3, 0.4) is 0 Å². The molecule has 0 aromatic rings. The molecule has 0 fully saturated rings. The van der Waals surface area contributed by atoms with Crippen molar-refractivity contribution in [3.63, 3.8) is 0 Å². The van der Waals surface area contributed by atoms with Gasteiger partial charge in [-0.1, -0.05) is 60.8 Å². The number of carbonyl (C=O) groups excluding carboxylic acids is 1. The van der Waals surface area contributed by atoms with Crippen LogP contribution in [0.4, 0.5) is 0 Å². The predicted molar refractivity (Wildman–Crippen MR) is 76.2 cm³/mol. The van der Waals surface area contributed by atoms with Crippen LogP contribution in [0.25, 0.3) is 0 Å². The number of hydrogen-bond donors (Lipinski definition) is 0. The van der Waals surface area contributed by atoms with Crippen molar-refractivity contribution in [1.82, 2.24) is 0 Å². The van der Waals surface area contributed by atoms with Crippen LogP contribution in [0.2, 0.25) is 0 Å². The Kier molecular flexibility index (Phi) is 7.04. The molecule has 0 unspecified atom stereocenters. The van der Waals surface area contributed by atoms with Gasteiger partial charge in [0, 0.05) is 12.8 Å². The van der Waals surface area contributed by atoms with Gasteiger partial charge in [-0.05, 0) is 23.7 Å². The normalized spacial score (nSPS) is 12.8. The van der Waals surface area contributed by atoms with E-state index >= 15 is 0 Å². The van der Waals surface area contributed by atoms with Crippen molar-refractivity contribution in [3.8, 4) is 0 Å². The van der Waals surface area contributed by atoms with Gasteiger partial charge in [-0.25, -0.2) is 0 Å². The van der Waals surface area contributed by atoms with Gasteiger partial charge in [0.25, 0.3) is 0 Å². The van der Waals surface area contributed by atoms with Gasteiger partial charge in [0.15, 0.2) is 0 Å². The van der Waals surface area contributed by atoms with Gasteiger partial charge in [0.2, 0.25) is 0 Å². The van der Waals surface area contributed by atoms with Crippen LogP contribution in [0.1, 0.15) is 86.5 Å². The van der Waals surface area contributed by atoms with E-state index in [2.05, 4.69) is 41.5 Å². The lowest BCUT2D eigenvalue weighted by Gasteiger charge is -2.26. The molecule has 17 heavy (non-hydrogen) atoms. The minimum Gasteiger partial charge on any atom is -0.300 e. The highest BCUT2D eigenvalue weighted by molar-refractivity contribution is 5.78. The summed E-state index contributed by atoms with van der Waals surface area (Å²) < 4.78 is 0. The molecule has 0 saturated carbocycles. The third-order valence-electron chi connectivity index (χ3n) is 4.75. The van der Waals surface area contributed by atoms with Gasteiger partial charge in [-0.15, -0.1) is 0 Å². The van der Waals surface area contributed by atoms with E-state index < -0.39 is 0 Å². The fourth-order valence-electron chi connectivity index (χ4n) is 1.82. The highest BCUT2D eigenvalue weighted by atomic mass is 16.1. The second-order valence-electron chi connectivity index (χ2n) is 6.57. The summed E-state index contributed by atoms with van der Waals surface area (Å²) in [5.74, 6) is 0.458. The molecular weight excluding hydrogens is 208 g/mol. The molecule has 0 aliphatic rings. The highest BCUT2D eigenvalue weighted by Crippen LogP contribution is 2.32. The van der Waals surface area contributed by atoms with E-state index in [-0.39, 0.29) is 0 Å². The van der Waals surface area contributed by atoms with Crippen LogP contribution >= 0.6 is 0 Å². The maximum Gasteiger partial charge on any atom is 0.132 e. The molecule has 0 aromatic heterocycles. The smallest absolute Gasteiger partial charge is 0.132 e. The van der Waals surface area contributed by atoms with E-state index in [0.29, 0.717) is 16.6 Å². The number of rotatable bonds is 9. The van der Waals surface area contributed by atoms with Crippen molar-refractivity contribution in [1.29, 1.82) is 0 Å². The lowest BCUT2D eigenvalue weighted by molar-refractivity contribution is -0.120. The van der Waals surface area contributed by atoms with E-state index in [1.807, 2.05) is 0 Å². The van der Waals surface area contributed by atoms with Crippen molar-refractivity contribution >= 4 is 5.78 Å². The Morgan fingerprint density at radius 2 is 1.29 bits per heavy atom. The molecule has 0 aromatic carbocycles. The first kappa shape index (κ1) is 16.7. The first-order chi connectivity index (χ1) is 7.78. The zero-order valence-corrected chi connectivity index (χ0v) is 12.9. The number of Topliss-reactive ketones (excluding diaryl/α,β-unsaturated/α-hetero) is 1. The van der Waals surface area contributed by atoms with Crippen molar-refractivity contribution < 1.29 is 4.79 Å². The zero-order chi connectivity index (χ0) is 13.5. The first-order valence-electron chi connectivity index (χ1n) is 7.30. The van der Waals surface area contributed by atoms with Crippen molar-refractivity contribution in [2.45, 2.75) is 86.5 Å². The van der Waals surface area contributed by atoms with E-state index in [0.717, 1.165) is 32.1 Å². The molecule has 0 saturated heterocycles. The van der Waals surface area contributed by atoms with Crippen molar-refractivity contribution in [2.75, 3.05) is 0 Å². The van der Waals surface area contributed by atoms with Crippen LogP contribution in [0, 0.1) is 10.8 Å². The molecule has 0 rings (SSSR count). The summed E-state index contributed by atoms with van der Waals surface area (Å²) in [6.07, 6.45) is 7.15. The molecule has 0 amide bonds. The standard InChI is InChI=1S/C16H32O/c1-7-15(4,5)12-10-14(17)11-13-16(6,8-2)9-3/h7-13H2,1-6H3. The minimum absolute atomic E-state index is 0.328. The average molecular weight is 240 g/mol. The lowest BCUT2D eigenvalue weighted by atomic mass is 9.79. The summed E-state index contributed by atoms with van der Waals surface area (Å²) in [5.41, 5.74) is 0.699. The van der Waals surface area contributed by atoms with Gasteiger partial charge < -0.3 is 0 Å². The fraction of sp³-hybridized carbons (Fsp3) is 0.938. The predicted octanol–water partition coefficient (Wildman–Crippen LogP) is 5.38. The molecule has 0 radical (unpaired) electrons. The zero-order valence-electron chi connectivity index (χ0n) is 12.9. The molecule has 0 aliphatic carbocycles. The molecule has 1 nitrogen and oxygen atoms in total. The van der Waals surface area contributed by atoms with Gasteiger partial charge in [0.05, 0.1) is 0 Å². The Balaban J connectivity index is 3.96. The topological polar surface area (TPSA) is 17.1 Å². The third-order valence-corrected chi connectivity index (χ3v) is 4.75. The number of ketones is 1. The summed E-state index contributed by atoms with van der Waals surface area (Å²) in [4.78, 5) is 11.9. The van der Waals surface area contributed by atoms with E-state index in [9.17, 15) is 4.79 Å². The fourth-order valence-corrected chi connectivity index (χ4v) is 1.82. The quantitative estimate of drug-likeness (QED) is 0.529. The molecule has 0 heterocycles. The largest absolute Gasteiger partial charge is 0.300 e. The first-order valence-corrected chi connectivity index (χ1v) is 7.30. The van der Waals surface area contributed by atoms with Gasteiger partial charge >= 0.3 is 0 Å². The highest BCUT2D eigenvalue weighted by Gasteiger charge is 2.22. The van der Waals surface area contributed by atoms with Gasteiger partial charge in [-0.2, -0.15) is 0 Å². The van der Waals surface area contributed by atoms with Crippen LogP contribution < -0.4 is 0 Å². The molecule has 102 valence electrons. The molecule has 1 heteroatoms. The Morgan fingerprint density at radius 3 is 1.71 bits per heavy atom. The minimum atomic E-state index is 0.328. The van der Waals surface area contributed by atoms with Crippen LogP contribution in [-0.4, -0.2) is 5.78 Å². The summed E-state index contributed by atoms with van der Waals surface area (Å²) in [5, 5.41) is 0. The molecule has 0 bridgehead atoms. The number of carbonyl (C=O) groups is 1. The average Bonchev–Trinajstić information content (AvgIpc) is 2.33. The Hall–Kier alpha value is -0.330. The van der Waals surface area contributed by atoms with Gasteiger partial charge in [-0.3, -0.25) is 4.79 Å². The van der Waals surface area contributed by atoms with Crippen LogP contribution in [0.15, 0.2) is 0 Å². The van der Waals surface area contributed by atoms with Crippen molar-refractivity contribution in [3.05, 3.63) is 0 Å². The Labute approximate surface area is 108 Å². The lowest BCUT2D eigenvalue weighted by Crippen LogP contribution is -2.17. The summed E-state index contributed by atoms with van der Waals surface area (Å²) in [6.45, 7) is 13.5. The summed E-state index contributed by atoms with van der Waals surface area (Å²) in [6, 6.07) is 0. The van der Waals surface area contributed by atoms with Crippen molar-refractivity contribution in [2.24, 2.45) is 10.8 Å². The van der Waals surface area contributed by atoms with Crippen LogP contribution in [-0.2, 0) is 4.79 Å². The Bertz CT molecular complexity index is 224. The van der Waals surface area contributed by atoms with Crippen LogP contribution in [0.5, 0.6) is 0 Å². The molecular formula is C16H32O. The maximum atomic E-state index is 11.9. The summed E-state index contributed by atoms with van der Waals surface area (Å²) >= 11 is 0. The van der Waals surface area contributed by atoms with Gasteiger partial charge in [0.1, 0.15) is 5.78 Å². The second kappa shape index (κ2) is 7.18. The molecule has 0 atom stereocenters. The van der Waals surface area contributed by atoms with E-state index in [1.165, 1.54) is 12.8 Å². The second-order valence-corrected chi connectivity index (χ2v) is 6.57. The number of hydrogen-bond acceptors (Lipinski definition) is 1. The van der Waals surface area contributed by atoms with E-state index in [1.54, 1.807) is 0 Å².